The van der Waals surface area contributed by atoms with Crippen molar-refractivity contribution >= 4 is 50.2 Å². The van der Waals surface area contributed by atoms with Crippen LogP contribution in [0.3, 0.4) is 0 Å². The highest BCUT2D eigenvalue weighted by Crippen LogP contribution is 2.68. The lowest BCUT2D eigenvalue weighted by Gasteiger charge is -2.63. The van der Waals surface area contributed by atoms with E-state index < -0.39 is 85.7 Å². The molecule has 0 amide bonds. The molecular weight excluding hydrogens is 865 g/mol. The molecule has 3 N–H and O–H groups in total. The van der Waals surface area contributed by atoms with E-state index in [1.165, 1.54) is 28.3 Å². The molecule has 2 aromatic carbocycles. The largest absolute Gasteiger partial charge is 0.496 e. The second-order valence-corrected chi connectivity index (χ2v) is 21.2. The molecule has 9 rings (SSSR count). The Morgan fingerprint density at radius 3 is 2.42 bits per heavy atom. The van der Waals surface area contributed by atoms with Crippen LogP contribution in [0.15, 0.2) is 42.5 Å². The third-order valence-electron chi connectivity index (χ3n) is 16.0. The highest BCUT2D eigenvalue weighted by Gasteiger charge is 2.80. The Hall–Kier alpha value is -4.78. The number of halogens is 2. The topological polar surface area (TPSA) is 180 Å². The van der Waals surface area contributed by atoms with Gasteiger partial charge < -0.3 is 38.8 Å². The number of esters is 3. The Bertz CT molecular complexity index is 2620. The Morgan fingerprint density at radius 1 is 1.03 bits per heavy atom. The van der Waals surface area contributed by atoms with Crippen LogP contribution < -0.4 is 14.4 Å². The number of alkyl halides is 2. The lowest BCUT2D eigenvalue weighted by molar-refractivity contribution is -0.228. The van der Waals surface area contributed by atoms with E-state index in [1.807, 2.05) is 41.0 Å². The van der Waals surface area contributed by atoms with E-state index >= 15 is 13.6 Å². The summed E-state index contributed by atoms with van der Waals surface area (Å²) >= 11 is 0. The third-order valence-corrected chi connectivity index (χ3v) is 16.6. The molecule has 18 heteroatoms. The molecule has 1 unspecified atom stereocenters. The summed E-state index contributed by atoms with van der Waals surface area (Å²) in [6.07, 6.45) is 5.01. The molecule has 6 heterocycles. The van der Waals surface area contributed by atoms with Crippen molar-refractivity contribution in [2.75, 3.05) is 77.0 Å². The molecule has 65 heavy (non-hydrogen) atoms. The molecule has 6 aliphatic rings. The summed E-state index contributed by atoms with van der Waals surface area (Å²) < 4.78 is 82.2. The lowest BCUT2D eigenvalue weighted by atomic mass is 9.47. The first-order chi connectivity index (χ1) is 30.6. The monoisotopic (exact) mass is 923 g/mol. The van der Waals surface area contributed by atoms with E-state index in [-0.39, 0.29) is 25.1 Å². The molecule has 10 atom stereocenters. The van der Waals surface area contributed by atoms with Crippen LogP contribution in [0, 0.1) is 17.3 Å². The fourth-order valence-electron chi connectivity index (χ4n) is 13.8. The summed E-state index contributed by atoms with van der Waals surface area (Å²) in [5, 5.41) is 14.0. The molecule has 0 radical (unpaired) electrons. The van der Waals surface area contributed by atoms with Crippen molar-refractivity contribution in [1.82, 2.24) is 14.8 Å². The van der Waals surface area contributed by atoms with Gasteiger partial charge in [-0.15, -0.1) is 0 Å². The fourth-order valence-corrected chi connectivity index (χ4v) is 14.3. The average Bonchev–Trinajstić information content (AvgIpc) is 3.91. The van der Waals surface area contributed by atoms with E-state index in [1.54, 1.807) is 25.2 Å². The molecule has 2 saturated heterocycles. The average molecular weight is 924 g/mol. The summed E-state index contributed by atoms with van der Waals surface area (Å²) in [5.74, 6) is -6.44. The maximum Gasteiger partial charge on any atom is 0.344 e. The standard InChI is InChI=1S/C47H59F2N5O10S/c1-9-44-14-10-16-54-18-15-45(38(44)54)32-21-33(36(61-5)22-35(32)52(4)39(45)47(58,42(57)63-7)40(44)64-26(2)55)46(41(56)62-6)23-27-19-28(43(3,48)49)25-53(24-27)17-13-30-31-20-29(51-65(8,59)60)11-12-34(31)50-37(30)46/h10-12,14,20-22,27-28,38-40,50-51,58H,9,13,15-19,23-25H2,1-8H3/t27-,28+,38-,39+,40+,44+,45+,46-,47-/m0/s1. The Kier molecular flexibility index (Phi) is 10.7. The number of aliphatic hydroxyl groups is 1. The van der Waals surface area contributed by atoms with Gasteiger partial charge in [-0.25, -0.2) is 22.0 Å². The minimum atomic E-state index is -3.67. The first-order valence-electron chi connectivity index (χ1n) is 22.3. The van der Waals surface area contributed by atoms with Crippen LogP contribution in [0.5, 0.6) is 5.75 Å². The van der Waals surface area contributed by atoms with Gasteiger partial charge >= 0.3 is 17.9 Å². The first-order valence-corrected chi connectivity index (χ1v) is 24.2. The molecule has 1 spiro atoms. The number of nitrogens with zero attached hydrogens (tertiary/aromatic N) is 3. The van der Waals surface area contributed by atoms with Gasteiger partial charge in [0.05, 0.1) is 33.6 Å². The number of hydrogen-bond donors (Lipinski definition) is 3. The molecule has 1 aliphatic carbocycles. The number of sulfonamides is 1. The summed E-state index contributed by atoms with van der Waals surface area (Å²) in [5.41, 5.74) is -2.40. The second-order valence-electron chi connectivity index (χ2n) is 19.4. The van der Waals surface area contributed by atoms with Gasteiger partial charge in [0.2, 0.25) is 21.5 Å². The van der Waals surface area contributed by atoms with Crippen LogP contribution in [-0.4, -0.2) is 143 Å². The normalized spacial score (nSPS) is 34.0. The highest BCUT2D eigenvalue weighted by atomic mass is 32.2. The van der Waals surface area contributed by atoms with Crippen LogP contribution in [0.4, 0.5) is 20.2 Å². The highest BCUT2D eigenvalue weighted by molar-refractivity contribution is 7.92. The number of likely N-dealkylation sites (N-methyl/N-ethyl adjacent to an activating group) is 1. The molecule has 5 aliphatic heterocycles. The number of aromatic amines is 1. The van der Waals surface area contributed by atoms with Crippen LogP contribution >= 0.6 is 0 Å². The molecule has 2 bridgehead atoms. The van der Waals surface area contributed by atoms with Crippen molar-refractivity contribution in [2.24, 2.45) is 17.3 Å². The fraction of sp³-hybridized carbons (Fsp3) is 0.596. The van der Waals surface area contributed by atoms with Crippen LogP contribution in [0.25, 0.3) is 10.9 Å². The lowest BCUT2D eigenvalue weighted by Crippen LogP contribution is -2.81. The number of carbonyl (C=O) groups is 3. The molecule has 1 aromatic heterocycles. The van der Waals surface area contributed by atoms with E-state index in [9.17, 15) is 23.1 Å². The van der Waals surface area contributed by atoms with Crippen molar-refractivity contribution in [3.8, 4) is 5.75 Å². The van der Waals surface area contributed by atoms with Crippen LogP contribution in [0.2, 0.25) is 0 Å². The number of aromatic nitrogens is 1. The number of ether oxygens (including phenoxy) is 4. The second kappa shape index (κ2) is 15.4. The Labute approximate surface area is 377 Å². The zero-order chi connectivity index (χ0) is 46.8. The van der Waals surface area contributed by atoms with Crippen molar-refractivity contribution < 1.29 is 55.6 Å². The number of H-pyrrole nitrogens is 1. The van der Waals surface area contributed by atoms with Gasteiger partial charge in [0.25, 0.3) is 0 Å². The number of carbonyl (C=O) groups excluding carboxylic acids is 3. The Morgan fingerprint density at radius 2 is 1.77 bits per heavy atom. The van der Waals surface area contributed by atoms with Crippen LogP contribution in [0.1, 0.15) is 68.8 Å². The van der Waals surface area contributed by atoms with Gasteiger partial charge in [-0.2, -0.15) is 0 Å². The predicted octanol–water partition coefficient (Wildman–Crippen LogP) is 4.49. The minimum Gasteiger partial charge on any atom is -0.496 e. The molecule has 15 nitrogen and oxygen atoms in total. The third kappa shape index (κ3) is 6.46. The van der Waals surface area contributed by atoms with Gasteiger partial charge in [-0.3, -0.25) is 19.2 Å². The maximum absolute atomic E-state index is 15.5. The zero-order valence-electron chi connectivity index (χ0n) is 38.1. The van der Waals surface area contributed by atoms with E-state index in [4.69, 9.17) is 18.9 Å². The molecular formula is C47H59F2N5O10S. The minimum absolute atomic E-state index is 0.0379. The smallest absolute Gasteiger partial charge is 0.344 e. The predicted molar refractivity (Wildman–Crippen MR) is 238 cm³/mol. The van der Waals surface area contributed by atoms with Crippen LogP contribution in [-0.2, 0) is 55.9 Å². The summed E-state index contributed by atoms with van der Waals surface area (Å²) in [7, 11) is 2.10. The molecule has 352 valence electrons. The van der Waals surface area contributed by atoms with Gasteiger partial charge in [-0.1, -0.05) is 19.1 Å². The number of rotatable bonds is 9. The van der Waals surface area contributed by atoms with Gasteiger partial charge in [0, 0.05) is 103 Å². The number of anilines is 2. The number of methoxy groups -OCH3 is 3. The SMILES string of the molecule is CC[C@]12C=CCN3CC[C@@]4(c5cc([C@@]6(C(=O)OC)C[C@@H]7C[C@@H](C(C)(F)F)CN(CCc8c6[nH]c6ccc(NS(C)(=O)=O)cc86)C7)c(OC)cc5N(C)[C@H]4[C@@](O)(C(=O)OC)[C@@H]1OC(C)=O)[C@@H]32. The van der Waals surface area contributed by atoms with Gasteiger partial charge in [-0.05, 0) is 86.9 Å². The summed E-state index contributed by atoms with van der Waals surface area (Å²) in [6.45, 7) is 6.26. The maximum atomic E-state index is 15.5. The van der Waals surface area contributed by atoms with Crippen molar-refractivity contribution in [3.05, 3.63) is 64.9 Å². The Balaban J connectivity index is 1.36. The van der Waals surface area contributed by atoms with Gasteiger partial charge in [0.1, 0.15) is 11.2 Å². The quantitative estimate of drug-likeness (QED) is 0.156. The first kappa shape index (κ1) is 45.4. The summed E-state index contributed by atoms with van der Waals surface area (Å²) in [4.78, 5) is 52.7. The number of piperidine rings is 1. The number of nitrogens with one attached hydrogen (secondary N) is 2. The molecule has 1 saturated carbocycles. The number of fused-ring (bicyclic) bond motifs is 6. The van der Waals surface area contributed by atoms with Gasteiger partial charge in [0.15, 0.2) is 6.10 Å². The van der Waals surface area contributed by atoms with Crippen molar-refractivity contribution in [1.29, 1.82) is 0 Å². The van der Waals surface area contributed by atoms with Crippen molar-refractivity contribution in [2.45, 2.75) is 93.4 Å². The number of benzene rings is 2. The summed E-state index contributed by atoms with van der Waals surface area (Å²) in [6, 6.07) is 7.40. The zero-order valence-corrected chi connectivity index (χ0v) is 38.9. The molecule has 3 aromatic rings. The van der Waals surface area contributed by atoms with E-state index in [0.717, 1.165) is 18.7 Å². The molecule has 3 fully saturated rings. The van der Waals surface area contributed by atoms with Crippen molar-refractivity contribution in [3.63, 3.8) is 0 Å². The number of hydrogen-bond acceptors (Lipinski definition) is 13. The van der Waals surface area contributed by atoms with E-state index in [0.29, 0.717) is 84.5 Å². The van der Waals surface area contributed by atoms with E-state index in [2.05, 4.69) is 14.6 Å².